The second-order valence-electron chi connectivity index (χ2n) is 2.68. The number of nitrogens with zero attached hydrogens (tertiary/aromatic N) is 4. The van der Waals surface area contributed by atoms with Crippen LogP contribution in [0.15, 0.2) is 35.2 Å². The number of aromatic nitrogens is 3. The number of halogens is 1. The predicted octanol–water partition coefficient (Wildman–Crippen LogP) is 0.986. The van der Waals surface area contributed by atoms with E-state index in [-0.39, 0.29) is 16.4 Å². The molecule has 0 aromatic carbocycles. The molecule has 2 aromatic rings. The van der Waals surface area contributed by atoms with Crippen LogP contribution in [-0.4, -0.2) is 9.91 Å². The van der Waals surface area contributed by atoms with Gasteiger partial charge in [0.2, 0.25) is 5.95 Å². The lowest BCUT2D eigenvalue weighted by molar-refractivity contribution is -0.603. The van der Waals surface area contributed by atoms with Gasteiger partial charge in [-0.15, -0.1) is 0 Å². The first-order valence-electron chi connectivity index (χ1n) is 4.00. The molecule has 0 saturated heterocycles. The summed E-state index contributed by atoms with van der Waals surface area (Å²) < 4.78 is 1.73. The Kier molecular flexibility index (Phi) is 2.46. The monoisotopic (exact) mass is 268 g/mol. The van der Waals surface area contributed by atoms with Gasteiger partial charge in [0.1, 0.15) is 0 Å². The minimum Gasteiger partial charge on any atom is -0.359 e. The van der Waals surface area contributed by atoms with Crippen LogP contribution >= 0.6 is 15.9 Å². The summed E-state index contributed by atoms with van der Waals surface area (Å²) in [6, 6.07) is 5.41. The van der Waals surface area contributed by atoms with Crippen molar-refractivity contribution in [2.24, 2.45) is 0 Å². The molecule has 2 aromatic heterocycles. The summed E-state index contributed by atoms with van der Waals surface area (Å²) in [5.74, 6) is -0.00414. The zero-order valence-electron chi connectivity index (χ0n) is 7.37. The summed E-state index contributed by atoms with van der Waals surface area (Å²) in [5.41, 5.74) is 0. The maximum atomic E-state index is 10.5. The van der Waals surface area contributed by atoms with Crippen molar-refractivity contribution in [1.29, 1.82) is 0 Å². The fraction of sp³-hybridized carbons (Fsp3) is 0. The lowest BCUT2D eigenvalue weighted by atomic mass is 10.5. The van der Waals surface area contributed by atoms with Crippen molar-refractivity contribution in [2.45, 2.75) is 0 Å². The van der Waals surface area contributed by atoms with Gasteiger partial charge in [-0.3, -0.25) is 4.57 Å². The summed E-state index contributed by atoms with van der Waals surface area (Å²) >= 11 is 2.99. The third-order valence-corrected chi connectivity index (χ3v) is 2.24. The van der Waals surface area contributed by atoms with Crippen LogP contribution in [0.5, 0.6) is 0 Å². The van der Waals surface area contributed by atoms with Gasteiger partial charge < -0.3 is 10.1 Å². The van der Waals surface area contributed by atoms with E-state index in [4.69, 9.17) is 0 Å². The molecule has 2 heterocycles. The second kappa shape index (κ2) is 3.77. The molecule has 2 rings (SSSR count). The van der Waals surface area contributed by atoms with Crippen LogP contribution in [0.3, 0.4) is 0 Å². The number of rotatable bonds is 2. The number of pyridine rings is 1. The number of nitro groups is 1. The number of hydrogen-bond donors (Lipinski definition) is 0. The van der Waals surface area contributed by atoms with E-state index < -0.39 is 4.92 Å². The molecule has 6 nitrogen and oxygen atoms in total. The van der Waals surface area contributed by atoms with Crippen LogP contribution in [0.25, 0.3) is 5.95 Å². The summed E-state index contributed by atoms with van der Waals surface area (Å²) in [6.45, 7) is 0. The largest absolute Gasteiger partial charge is 0.359 e. The maximum Gasteiger partial charge on any atom is 0.297 e. The van der Waals surface area contributed by atoms with E-state index in [0.29, 0.717) is 0 Å². The van der Waals surface area contributed by atoms with Gasteiger partial charge in [0.25, 0.3) is 5.82 Å². The zero-order chi connectivity index (χ0) is 10.8. The molecule has 7 heteroatoms. The van der Waals surface area contributed by atoms with Crippen molar-refractivity contribution in [3.8, 4) is 5.95 Å². The van der Waals surface area contributed by atoms with E-state index in [0.717, 1.165) is 0 Å². The summed E-state index contributed by atoms with van der Waals surface area (Å²) in [7, 11) is 0. The van der Waals surface area contributed by atoms with Gasteiger partial charge in [-0.1, -0.05) is 6.07 Å². The SMILES string of the molecule is O=[N+]([O-])c1nc(-[n+]2ccccc2)[n-]c1Br. The smallest absolute Gasteiger partial charge is 0.297 e. The Labute approximate surface area is 92.9 Å². The Morgan fingerprint density at radius 3 is 2.60 bits per heavy atom. The fourth-order valence-electron chi connectivity index (χ4n) is 1.07. The van der Waals surface area contributed by atoms with E-state index in [2.05, 4.69) is 25.9 Å². The van der Waals surface area contributed by atoms with Gasteiger partial charge in [-0.2, -0.15) is 9.97 Å². The van der Waals surface area contributed by atoms with Crippen molar-refractivity contribution in [3.05, 3.63) is 45.3 Å². The summed E-state index contributed by atoms with van der Waals surface area (Å²) in [5, 5.41) is 10.5. The molecule has 15 heavy (non-hydrogen) atoms. The predicted molar refractivity (Wildman–Crippen MR) is 53.4 cm³/mol. The molecule has 0 spiro atoms. The Morgan fingerprint density at radius 2 is 2.07 bits per heavy atom. The molecular weight excluding hydrogens is 264 g/mol. The van der Waals surface area contributed by atoms with Gasteiger partial charge in [0.15, 0.2) is 4.60 Å². The number of hydrogen-bond acceptors (Lipinski definition) is 3. The van der Waals surface area contributed by atoms with Crippen molar-refractivity contribution >= 4 is 21.7 Å². The minimum absolute atomic E-state index is 0.138. The van der Waals surface area contributed by atoms with Crippen molar-refractivity contribution in [1.82, 2.24) is 9.97 Å². The van der Waals surface area contributed by atoms with Gasteiger partial charge >= 0.3 is 0 Å². The van der Waals surface area contributed by atoms with E-state index in [1.807, 2.05) is 6.07 Å². The highest BCUT2D eigenvalue weighted by molar-refractivity contribution is 9.10. The topological polar surface area (TPSA) is 74.0 Å². The van der Waals surface area contributed by atoms with Crippen LogP contribution in [-0.2, 0) is 0 Å². The van der Waals surface area contributed by atoms with Crippen LogP contribution in [0, 0.1) is 10.1 Å². The van der Waals surface area contributed by atoms with Crippen LogP contribution in [0.4, 0.5) is 5.82 Å². The van der Waals surface area contributed by atoms with E-state index >= 15 is 0 Å². The molecule has 0 atom stereocenters. The van der Waals surface area contributed by atoms with Crippen LogP contribution in [0.1, 0.15) is 0 Å². The summed E-state index contributed by atoms with van der Waals surface area (Å²) in [6.07, 6.45) is 3.43. The molecule has 0 saturated carbocycles. The maximum absolute atomic E-state index is 10.5. The third kappa shape index (κ3) is 1.86. The lowest BCUT2D eigenvalue weighted by Gasteiger charge is -1.97. The quantitative estimate of drug-likeness (QED) is 0.463. The highest BCUT2D eigenvalue weighted by Gasteiger charge is 2.14. The van der Waals surface area contributed by atoms with Crippen molar-refractivity contribution in [3.63, 3.8) is 0 Å². The van der Waals surface area contributed by atoms with Gasteiger partial charge in [0, 0.05) is 12.4 Å². The standard InChI is InChI=1S/C8H5BrN4O2/c9-6-7(13(14)15)11-8(10-6)12-4-2-1-3-5-12/h1-5H. The Bertz CT molecular complexity index is 497. The molecule has 0 bridgehead atoms. The molecule has 0 amide bonds. The molecule has 0 fully saturated rings. The first kappa shape index (κ1) is 9.78. The van der Waals surface area contributed by atoms with Crippen molar-refractivity contribution in [2.75, 3.05) is 0 Å². The molecule has 0 aliphatic rings. The Balaban J connectivity index is 2.48. The average molecular weight is 269 g/mol. The molecule has 76 valence electrons. The summed E-state index contributed by atoms with van der Waals surface area (Å²) in [4.78, 5) is 17.7. The molecule has 0 N–H and O–H groups in total. The van der Waals surface area contributed by atoms with Crippen LogP contribution in [0.2, 0.25) is 0 Å². The number of imidazole rings is 1. The van der Waals surface area contributed by atoms with Gasteiger partial charge in [-0.05, 0) is 33.0 Å². The first-order chi connectivity index (χ1) is 7.18. The normalized spacial score (nSPS) is 10.2. The first-order valence-corrected chi connectivity index (χ1v) is 4.79. The molecule has 0 aliphatic heterocycles. The highest BCUT2D eigenvalue weighted by atomic mass is 79.9. The third-order valence-electron chi connectivity index (χ3n) is 1.71. The Hall–Kier alpha value is -1.76. The van der Waals surface area contributed by atoms with Crippen molar-refractivity contribution < 1.29 is 9.49 Å². The fourth-order valence-corrected chi connectivity index (χ4v) is 1.46. The van der Waals surface area contributed by atoms with Gasteiger partial charge in [0.05, 0.1) is 0 Å². The molecule has 0 aliphatic carbocycles. The molecule has 0 radical (unpaired) electrons. The van der Waals surface area contributed by atoms with E-state index in [1.165, 1.54) is 0 Å². The average Bonchev–Trinajstić information content (AvgIpc) is 2.62. The highest BCUT2D eigenvalue weighted by Crippen LogP contribution is 2.19. The van der Waals surface area contributed by atoms with Crippen LogP contribution < -0.4 is 9.55 Å². The Morgan fingerprint density at radius 1 is 1.40 bits per heavy atom. The van der Waals surface area contributed by atoms with Gasteiger partial charge in [-0.25, -0.2) is 0 Å². The van der Waals surface area contributed by atoms with E-state index in [1.54, 1.807) is 29.1 Å². The minimum atomic E-state index is -0.579. The molecule has 0 unspecified atom stereocenters. The zero-order valence-corrected chi connectivity index (χ0v) is 8.96. The van der Waals surface area contributed by atoms with E-state index in [9.17, 15) is 10.1 Å². The lowest BCUT2D eigenvalue weighted by Crippen LogP contribution is -2.31. The second-order valence-corrected chi connectivity index (χ2v) is 3.43. The molecular formula is C8H5BrN4O2.